The molecule has 0 aliphatic heterocycles. The van der Waals surface area contributed by atoms with Gasteiger partial charge >= 0.3 is 5.69 Å². The summed E-state index contributed by atoms with van der Waals surface area (Å²) in [5, 5.41) is 6.24. The SMILES string of the molecule is CCc1ccc(-c2nccn2CCc2n[nH]c(=O)[nH]2)o1. The first-order valence-corrected chi connectivity index (χ1v) is 6.50. The highest BCUT2D eigenvalue weighted by Crippen LogP contribution is 2.21. The first-order valence-electron chi connectivity index (χ1n) is 6.50. The number of H-pyrrole nitrogens is 2. The molecule has 7 heteroatoms. The molecule has 0 amide bonds. The van der Waals surface area contributed by atoms with Crippen molar-refractivity contribution in [3.05, 3.63) is 46.6 Å². The third-order valence-corrected chi connectivity index (χ3v) is 3.09. The Morgan fingerprint density at radius 1 is 1.40 bits per heavy atom. The van der Waals surface area contributed by atoms with Crippen LogP contribution in [0.3, 0.4) is 0 Å². The average molecular weight is 273 g/mol. The van der Waals surface area contributed by atoms with Crippen molar-refractivity contribution in [2.45, 2.75) is 26.3 Å². The van der Waals surface area contributed by atoms with Gasteiger partial charge in [0.15, 0.2) is 11.6 Å². The minimum atomic E-state index is -0.288. The molecule has 0 spiro atoms. The van der Waals surface area contributed by atoms with Crippen molar-refractivity contribution < 1.29 is 4.42 Å². The van der Waals surface area contributed by atoms with Gasteiger partial charge in [0.25, 0.3) is 0 Å². The van der Waals surface area contributed by atoms with E-state index in [0.29, 0.717) is 18.8 Å². The van der Waals surface area contributed by atoms with Gasteiger partial charge in [-0.15, -0.1) is 0 Å². The summed E-state index contributed by atoms with van der Waals surface area (Å²) in [5.74, 6) is 3.10. The van der Waals surface area contributed by atoms with Gasteiger partial charge < -0.3 is 8.98 Å². The van der Waals surface area contributed by atoms with E-state index in [2.05, 4.69) is 20.2 Å². The molecule has 0 aliphatic rings. The lowest BCUT2D eigenvalue weighted by atomic mass is 10.3. The number of aromatic nitrogens is 5. The summed E-state index contributed by atoms with van der Waals surface area (Å²) in [4.78, 5) is 17.9. The van der Waals surface area contributed by atoms with Gasteiger partial charge in [-0.25, -0.2) is 14.9 Å². The largest absolute Gasteiger partial charge is 0.458 e. The predicted octanol–water partition coefficient (Wildman–Crippen LogP) is 1.36. The van der Waals surface area contributed by atoms with Crippen LogP contribution in [0.2, 0.25) is 0 Å². The number of nitrogens with zero attached hydrogens (tertiary/aromatic N) is 3. The van der Waals surface area contributed by atoms with Crippen LogP contribution >= 0.6 is 0 Å². The summed E-state index contributed by atoms with van der Waals surface area (Å²) in [6.07, 6.45) is 5.09. The lowest BCUT2D eigenvalue weighted by Gasteiger charge is -2.04. The Hall–Kier alpha value is -2.57. The van der Waals surface area contributed by atoms with Crippen LogP contribution in [0.15, 0.2) is 33.7 Å². The highest BCUT2D eigenvalue weighted by Gasteiger charge is 2.10. The van der Waals surface area contributed by atoms with Gasteiger partial charge in [-0.1, -0.05) is 6.92 Å². The number of furan rings is 1. The molecule has 0 saturated carbocycles. The highest BCUT2D eigenvalue weighted by molar-refractivity contribution is 5.47. The van der Waals surface area contributed by atoms with Crippen molar-refractivity contribution in [3.8, 4) is 11.6 Å². The molecule has 0 unspecified atom stereocenters. The van der Waals surface area contributed by atoms with Crippen LogP contribution in [0.1, 0.15) is 18.5 Å². The summed E-state index contributed by atoms with van der Waals surface area (Å²) >= 11 is 0. The van der Waals surface area contributed by atoms with Crippen molar-refractivity contribution in [2.24, 2.45) is 0 Å². The zero-order valence-corrected chi connectivity index (χ0v) is 11.1. The van der Waals surface area contributed by atoms with Crippen molar-refractivity contribution in [1.29, 1.82) is 0 Å². The third-order valence-electron chi connectivity index (χ3n) is 3.09. The molecule has 0 aliphatic carbocycles. The van der Waals surface area contributed by atoms with Crippen LogP contribution < -0.4 is 5.69 Å². The number of nitrogens with one attached hydrogen (secondary N) is 2. The Kier molecular flexibility index (Phi) is 3.24. The van der Waals surface area contributed by atoms with Crippen molar-refractivity contribution in [3.63, 3.8) is 0 Å². The Morgan fingerprint density at radius 3 is 3.00 bits per heavy atom. The zero-order chi connectivity index (χ0) is 13.9. The molecule has 3 heterocycles. The third kappa shape index (κ3) is 2.42. The van der Waals surface area contributed by atoms with Crippen LogP contribution in [0.25, 0.3) is 11.6 Å². The summed E-state index contributed by atoms with van der Waals surface area (Å²) < 4.78 is 7.69. The summed E-state index contributed by atoms with van der Waals surface area (Å²) in [6, 6.07) is 3.88. The summed E-state index contributed by atoms with van der Waals surface area (Å²) in [5.41, 5.74) is -0.288. The maximum absolute atomic E-state index is 11.0. The monoisotopic (exact) mass is 273 g/mol. The average Bonchev–Trinajstić information content (AvgIpc) is 3.16. The maximum Gasteiger partial charge on any atom is 0.340 e. The Labute approximate surface area is 114 Å². The Bertz CT molecular complexity index is 748. The van der Waals surface area contributed by atoms with E-state index in [1.165, 1.54) is 0 Å². The Morgan fingerprint density at radius 2 is 2.30 bits per heavy atom. The van der Waals surface area contributed by atoms with E-state index in [9.17, 15) is 4.79 Å². The van der Waals surface area contributed by atoms with Gasteiger partial charge in [0.2, 0.25) is 0 Å². The van der Waals surface area contributed by atoms with Gasteiger partial charge in [-0.05, 0) is 12.1 Å². The molecule has 3 rings (SSSR count). The number of imidazole rings is 1. The molecule has 3 aromatic rings. The van der Waals surface area contributed by atoms with Crippen molar-refractivity contribution in [2.75, 3.05) is 0 Å². The van der Waals surface area contributed by atoms with Crippen LogP contribution in [0, 0.1) is 0 Å². The van der Waals surface area contributed by atoms with E-state index >= 15 is 0 Å². The first kappa shape index (κ1) is 12.5. The molecule has 0 bridgehead atoms. The molecule has 104 valence electrons. The first-order chi connectivity index (χ1) is 9.76. The van der Waals surface area contributed by atoms with Crippen LogP contribution in [-0.4, -0.2) is 24.7 Å². The Balaban J connectivity index is 1.77. The summed E-state index contributed by atoms with van der Waals surface area (Å²) in [7, 11) is 0. The number of rotatable bonds is 5. The normalized spacial score (nSPS) is 11.1. The summed E-state index contributed by atoms with van der Waals surface area (Å²) in [6.45, 7) is 2.71. The zero-order valence-electron chi connectivity index (χ0n) is 11.1. The fourth-order valence-electron chi connectivity index (χ4n) is 2.05. The van der Waals surface area contributed by atoms with E-state index < -0.39 is 0 Å². The molecule has 0 atom stereocenters. The highest BCUT2D eigenvalue weighted by atomic mass is 16.3. The molecule has 0 aromatic carbocycles. The van der Waals surface area contributed by atoms with E-state index in [-0.39, 0.29) is 5.69 Å². The lowest BCUT2D eigenvalue weighted by Crippen LogP contribution is -2.05. The van der Waals surface area contributed by atoms with Crippen LogP contribution in [-0.2, 0) is 19.4 Å². The lowest BCUT2D eigenvalue weighted by molar-refractivity contribution is 0.520. The van der Waals surface area contributed by atoms with Gasteiger partial charge in [0, 0.05) is 31.8 Å². The number of aryl methyl sites for hydroxylation is 3. The molecule has 0 radical (unpaired) electrons. The van der Waals surface area contributed by atoms with Crippen LogP contribution in [0.5, 0.6) is 0 Å². The standard InChI is InChI=1S/C13H15N5O2/c1-2-9-3-4-10(20-9)12-14-6-8-18(12)7-5-11-15-13(19)17-16-11/h3-4,6,8H,2,5,7H2,1H3,(H2,15,16,17,19). The molecule has 0 fully saturated rings. The smallest absolute Gasteiger partial charge is 0.340 e. The molecule has 0 saturated heterocycles. The second-order valence-electron chi connectivity index (χ2n) is 4.44. The second kappa shape index (κ2) is 5.20. The van der Waals surface area contributed by atoms with Crippen LogP contribution in [0.4, 0.5) is 0 Å². The van der Waals surface area contributed by atoms with Gasteiger partial charge in [-0.2, -0.15) is 5.10 Å². The minimum Gasteiger partial charge on any atom is -0.458 e. The van der Waals surface area contributed by atoms with Crippen molar-refractivity contribution >= 4 is 0 Å². The van der Waals surface area contributed by atoms with E-state index in [0.717, 1.165) is 23.8 Å². The van der Waals surface area contributed by atoms with Gasteiger partial charge in [-0.3, -0.25) is 4.98 Å². The minimum absolute atomic E-state index is 0.288. The number of aromatic amines is 2. The van der Waals surface area contributed by atoms with Gasteiger partial charge in [0.1, 0.15) is 11.6 Å². The van der Waals surface area contributed by atoms with E-state index in [1.807, 2.05) is 29.8 Å². The molecule has 7 nitrogen and oxygen atoms in total. The topological polar surface area (TPSA) is 92.5 Å². The molecular weight excluding hydrogens is 258 g/mol. The van der Waals surface area contributed by atoms with Gasteiger partial charge in [0.05, 0.1) is 0 Å². The molecule has 3 aromatic heterocycles. The quantitative estimate of drug-likeness (QED) is 0.734. The molecular formula is C13H15N5O2. The molecule has 2 N–H and O–H groups in total. The van der Waals surface area contributed by atoms with Crippen molar-refractivity contribution in [1.82, 2.24) is 24.7 Å². The fourth-order valence-corrected chi connectivity index (χ4v) is 2.05. The number of hydrogen-bond acceptors (Lipinski definition) is 4. The predicted molar refractivity (Wildman–Crippen MR) is 72.2 cm³/mol. The fraction of sp³-hybridized carbons (Fsp3) is 0.308. The molecule has 20 heavy (non-hydrogen) atoms. The second-order valence-corrected chi connectivity index (χ2v) is 4.44. The maximum atomic E-state index is 11.0. The van der Waals surface area contributed by atoms with E-state index in [1.54, 1.807) is 6.20 Å². The van der Waals surface area contributed by atoms with E-state index in [4.69, 9.17) is 4.42 Å². The number of hydrogen-bond donors (Lipinski definition) is 2.